The van der Waals surface area contributed by atoms with Crippen molar-refractivity contribution in [2.24, 2.45) is 0 Å². The fourth-order valence-electron chi connectivity index (χ4n) is 1.47. The highest BCUT2D eigenvalue weighted by Gasteiger charge is 2.06. The van der Waals surface area contributed by atoms with Gasteiger partial charge in [0.1, 0.15) is 0 Å². The second kappa shape index (κ2) is 7.05. The molecule has 1 heterocycles. The number of rotatable bonds is 5. The second-order valence-electron chi connectivity index (χ2n) is 4.01. The normalized spacial score (nSPS) is 9.85. The lowest BCUT2D eigenvalue weighted by atomic mass is 10.2. The number of aromatic nitrogens is 2. The lowest BCUT2D eigenvalue weighted by Gasteiger charge is -2.09. The molecule has 0 bridgehead atoms. The largest absolute Gasteiger partial charge is 0.477 e. The van der Waals surface area contributed by atoms with E-state index >= 15 is 0 Å². The summed E-state index contributed by atoms with van der Waals surface area (Å²) in [6.07, 6.45) is 2.64. The van der Waals surface area contributed by atoms with E-state index in [1.807, 2.05) is 19.1 Å². The van der Waals surface area contributed by atoms with Crippen molar-refractivity contribution < 1.29 is 4.74 Å². The quantitative estimate of drug-likeness (QED) is 0.805. The Balaban J connectivity index is 2.14. The van der Waals surface area contributed by atoms with Gasteiger partial charge in [-0.25, -0.2) is 4.98 Å². The van der Waals surface area contributed by atoms with Crippen molar-refractivity contribution in [2.45, 2.75) is 13.3 Å². The number of halogens is 1. The van der Waals surface area contributed by atoms with E-state index in [9.17, 15) is 0 Å². The Morgan fingerprint density at radius 3 is 2.75 bits per heavy atom. The Bertz CT molecular complexity index is 622. The van der Waals surface area contributed by atoms with Crippen molar-refractivity contribution in [1.82, 2.24) is 9.97 Å². The van der Waals surface area contributed by atoms with Crippen LogP contribution >= 0.6 is 22.6 Å². The van der Waals surface area contributed by atoms with Crippen LogP contribution in [-0.4, -0.2) is 16.6 Å². The summed E-state index contributed by atoms with van der Waals surface area (Å²) < 4.78 is 6.44. The number of benzene rings is 1. The fraction of sp³-hybridized carbons (Fsp3) is 0.214. The van der Waals surface area contributed by atoms with E-state index in [0.29, 0.717) is 24.0 Å². The lowest BCUT2D eigenvalue weighted by Crippen LogP contribution is -2.03. The summed E-state index contributed by atoms with van der Waals surface area (Å²) in [7, 11) is 0. The molecule has 0 aliphatic heterocycles. The van der Waals surface area contributed by atoms with Gasteiger partial charge in [0.2, 0.25) is 11.8 Å². The first-order valence-corrected chi connectivity index (χ1v) is 7.23. The zero-order valence-electron chi connectivity index (χ0n) is 10.9. The summed E-state index contributed by atoms with van der Waals surface area (Å²) in [5.74, 6) is 1.06. The molecule has 0 amide bonds. The topological polar surface area (TPSA) is 70.8 Å². The molecule has 1 aromatic heterocycles. The van der Waals surface area contributed by atoms with Gasteiger partial charge >= 0.3 is 0 Å². The van der Waals surface area contributed by atoms with E-state index in [4.69, 9.17) is 10.00 Å². The van der Waals surface area contributed by atoms with Crippen molar-refractivity contribution >= 4 is 34.2 Å². The summed E-state index contributed by atoms with van der Waals surface area (Å²) in [6, 6.07) is 9.18. The Hall–Kier alpha value is -1.88. The molecule has 0 aliphatic rings. The first-order valence-electron chi connectivity index (χ1n) is 6.15. The molecule has 20 heavy (non-hydrogen) atoms. The van der Waals surface area contributed by atoms with Gasteiger partial charge < -0.3 is 10.1 Å². The zero-order chi connectivity index (χ0) is 14.4. The van der Waals surface area contributed by atoms with Crippen LogP contribution in [0.25, 0.3) is 0 Å². The van der Waals surface area contributed by atoms with Crippen molar-refractivity contribution in [3.63, 3.8) is 0 Å². The molecular weight excluding hydrogens is 367 g/mol. The van der Waals surface area contributed by atoms with Crippen molar-refractivity contribution in [2.75, 3.05) is 11.9 Å². The predicted octanol–water partition coefficient (Wildman–Crippen LogP) is 3.49. The second-order valence-corrected chi connectivity index (χ2v) is 5.17. The molecule has 0 fully saturated rings. The highest BCUT2D eigenvalue weighted by Crippen LogP contribution is 2.21. The molecule has 0 spiro atoms. The minimum Gasteiger partial charge on any atom is -0.477 e. The fourth-order valence-corrected chi connectivity index (χ4v) is 1.88. The van der Waals surface area contributed by atoms with E-state index in [2.05, 4.69) is 43.9 Å². The molecule has 6 heteroatoms. The molecule has 1 N–H and O–H groups in total. The van der Waals surface area contributed by atoms with Crippen molar-refractivity contribution in [1.29, 1.82) is 5.26 Å². The van der Waals surface area contributed by atoms with E-state index < -0.39 is 0 Å². The third-order valence-corrected chi connectivity index (χ3v) is 3.16. The molecule has 2 aromatic rings. The van der Waals surface area contributed by atoms with E-state index in [-0.39, 0.29) is 0 Å². The van der Waals surface area contributed by atoms with E-state index in [1.165, 1.54) is 0 Å². The summed E-state index contributed by atoms with van der Waals surface area (Å²) in [5, 5.41) is 11.8. The molecule has 0 saturated heterocycles. The van der Waals surface area contributed by atoms with Gasteiger partial charge in [-0.2, -0.15) is 10.2 Å². The van der Waals surface area contributed by atoms with Crippen LogP contribution in [0.4, 0.5) is 11.6 Å². The first kappa shape index (κ1) is 14.5. The van der Waals surface area contributed by atoms with Gasteiger partial charge in [0.05, 0.1) is 21.8 Å². The highest BCUT2D eigenvalue weighted by atomic mass is 127. The number of nitriles is 1. The zero-order valence-corrected chi connectivity index (χ0v) is 13.1. The number of anilines is 2. The average molecular weight is 380 g/mol. The maximum absolute atomic E-state index is 8.76. The van der Waals surface area contributed by atoms with Gasteiger partial charge in [-0.1, -0.05) is 6.92 Å². The van der Waals surface area contributed by atoms with Crippen LogP contribution in [0.15, 0.2) is 30.5 Å². The highest BCUT2D eigenvalue weighted by molar-refractivity contribution is 14.1. The number of hydrogen-bond acceptors (Lipinski definition) is 5. The number of nitrogens with one attached hydrogen (secondary N) is 1. The van der Waals surface area contributed by atoms with Crippen LogP contribution in [-0.2, 0) is 0 Å². The minimum atomic E-state index is 0.473. The minimum absolute atomic E-state index is 0.473. The molecule has 0 atom stereocenters. The van der Waals surface area contributed by atoms with Gasteiger partial charge in [-0.3, -0.25) is 0 Å². The van der Waals surface area contributed by atoms with Gasteiger partial charge in [-0.05, 0) is 53.3 Å². The standard InChI is InChI=1S/C14H13IN4O/c1-2-7-20-13-12(15)9-17-14(19-13)18-11-5-3-10(8-16)4-6-11/h3-6,9H,2,7H2,1H3,(H,17,18,19). The Morgan fingerprint density at radius 1 is 1.35 bits per heavy atom. The molecule has 1 aromatic carbocycles. The monoisotopic (exact) mass is 380 g/mol. The van der Waals surface area contributed by atoms with Crippen LogP contribution in [0.5, 0.6) is 5.88 Å². The molecule has 0 unspecified atom stereocenters. The average Bonchev–Trinajstić information content (AvgIpc) is 2.48. The maximum atomic E-state index is 8.76. The summed E-state index contributed by atoms with van der Waals surface area (Å²) in [6.45, 7) is 2.67. The van der Waals surface area contributed by atoms with Crippen molar-refractivity contribution in [3.8, 4) is 11.9 Å². The van der Waals surface area contributed by atoms with Gasteiger partial charge in [0, 0.05) is 11.9 Å². The van der Waals surface area contributed by atoms with Crippen LogP contribution in [0, 0.1) is 14.9 Å². The van der Waals surface area contributed by atoms with Crippen LogP contribution in [0.3, 0.4) is 0 Å². The Morgan fingerprint density at radius 2 is 2.10 bits per heavy atom. The van der Waals surface area contributed by atoms with Crippen molar-refractivity contribution in [3.05, 3.63) is 39.6 Å². The SMILES string of the molecule is CCCOc1nc(Nc2ccc(C#N)cc2)ncc1I. The molecule has 102 valence electrons. The summed E-state index contributed by atoms with van der Waals surface area (Å²) in [4.78, 5) is 8.54. The number of hydrogen-bond donors (Lipinski definition) is 1. The van der Waals surface area contributed by atoms with Gasteiger partial charge in [-0.15, -0.1) is 0 Å². The van der Waals surface area contributed by atoms with Crippen LogP contribution < -0.4 is 10.1 Å². The molecule has 0 aliphatic carbocycles. The maximum Gasteiger partial charge on any atom is 0.232 e. The molecule has 2 rings (SSSR count). The lowest BCUT2D eigenvalue weighted by molar-refractivity contribution is 0.303. The molecule has 5 nitrogen and oxygen atoms in total. The Kier molecular flexibility index (Phi) is 5.12. The third-order valence-electron chi connectivity index (χ3n) is 2.42. The summed E-state index contributed by atoms with van der Waals surface area (Å²) in [5.41, 5.74) is 1.44. The predicted molar refractivity (Wildman–Crippen MR) is 85.0 cm³/mol. The number of nitrogens with zero attached hydrogens (tertiary/aromatic N) is 3. The van der Waals surface area contributed by atoms with Gasteiger partial charge in [0.25, 0.3) is 0 Å². The first-order chi connectivity index (χ1) is 9.72. The van der Waals surface area contributed by atoms with Crippen LogP contribution in [0.2, 0.25) is 0 Å². The molecular formula is C14H13IN4O. The van der Waals surface area contributed by atoms with Gasteiger partial charge in [0.15, 0.2) is 0 Å². The Labute approximate surface area is 131 Å². The van der Waals surface area contributed by atoms with Crippen LogP contribution in [0.1, 0.15) is 18.9 Å². The molecule has 0 saturated carbocycles. The van der Waals surface area contributed by atoms with E-state index in [0.717, 1.165) is 15.7 Å². The summed E-state index contributed by atoms with van der Waals surface area (Å²) >= 11 is 2.14. The third kappa shape index (κ3) is 3.81. The molecule has 0 radical (unpaired) electrons. The van der Waals surface area contributed by atoms with E-state index in [1.54, 1.807) is 18.3 Å². The number of ether oxygens (including phenoxy) is 1. The smallest absolute Gasteiger partial charge is 0.232 e.